The van der Waals surface area contributed by atoms with Gasteiger partial charge in [0.2, 0.25) is 5.91 Å². The van der Waals surface area contributed by atoms with Gasteiger partial charge in [0.25, 0.3) is 5.91 Å². The summed E-state index contributed by atoms with van der Waals surface area (Å²) < 4.78 is 0. The van der Waals surface area contributed by atoms with Gasteiger partial charge in [0, 0.05) is 12.8 Å². The fraction of sp³-hybridized carbons (Fsp3) is 0.462. The van der Waals surface area contributed by atoms with Crippen LogP contribution >= 0.6 is 0 Å². The Bertz CT molecular complexity index is 501. The quantitative estimate of drug-likeness (QED) is 0.546. The van der Waals surface area contributed by atoms with Gasteiger partial charge < -0.3 is 10.3 Å². The Labute approximate surface area is 111 Å². The van der Waals surface area contributed by atoms with Crippen molar-refractivity contribution in [2.75, 3.05) is 13.1 Å². The molecule has 6 nitrogen and oxygen atoms in total. The zero-order chi connectivity index (χ0) is 13.8. The van der Waals surface area contributed by atoms with E-state index < -0.39 is 5.91 Å². The monoisotopic (exact) mass is 263 g/mol. The van der Waals surface area contributed by atoms with Crippen LogP contribution in [-0.2, 0) is 4.79 Å². The molecular weight excluding hydrogens is 246 g/mol. The maximum atomic E-state index is 11.9. The van der Waals surface area contributed by atoms with E-state index in [2.05, 4.69) is 15.6 Å². The highest BCUT2D eigenvalue weighted by Gasteiger charge is 2.23. The molecular formula is C13H17N3O3. The third kappa shape index (κ3) is 3.29. The van der Waals surface area contributed by atoms with Crippen LogP contribution in [-0.4, -0.2) is 35.7 Å². The summed E-state index contributed by atoms with van der Waals surface area (Å²) in [5, 5.41) is 5.53. The molecule has 6 heteroatoms. The minimum absolute atomic E-state index is 0.118. The lowest BCUT2D eigenvalue weighted by molar-refractivity contribution is -0.124. The molecule has 102 valence electrons. The molecule has 0 atom stereocenters. The van der Waals surface area contributed by atoms with E-state index in [0.717, 1.165) is 25.9 Å². The Morgan fingerprint density at radius 3 is 2.37 bits per heavy atom. The third-order valence-corrected chi connectivity index (χ3v) is 3.26. The third-order valence-electron chi connectivity index (χ3n) is 3.26. The molecule has 0 spiro atoms. The molecule has 1 aliphatic rings. The molecule has 2 rings (SSSR count). The van der Waals surface area contributed by atoms with Gasteiger partial charge in [-0.15, -0.1) is 0 Å². The van der Waals surface area contributed by atoms with E-state index in [4.69, 9.17) is 0 Å². The number of carbonyl (C=O) groups excluding carboxylic acids is 3. The van der Waals surface area contributed by atoms with E-state index in [-0.39, 0.29) is 23.3 Å². The normalized spacial score (nSPS) is 16.1. The molecule has 1 aliphatic heterocycles. The molecule has 3 N–H and O–H groups in total. The number of hydrogen-bond acceptors (Lipinski definition) is 4. The molecule has 1 fully saturated rings. The van der Waals surface area contributed by atoms with Crippen LogP contribution in [0.1, 0.15) is 40.7 Å². The number of carbonyl (C=O) groups is 3. The van der Waals surface area contributed by atoms with Crippen molar-refractivity contribution < 1.29 is 14.4 Å². The lowest BCUT2D eigenvalue weighted by Gasteiger charge is -2.21. The molecule has 2 heterocycles. The zero-order valence-corrected chi connectivity index (χ0v) is 10.8. The van der Waals surface area contributed by atoms with Gasteiger partial charge in [-0.1, -0.05) is 0 Å². The first-order valence-corrected chi connectivity index (χ1v) is 6.34. The minimum atomic E-state index is -0.490. The summed E-state index contributed by atoms with van der Waals surface area (Å²) in [5.41, 5.74) is 0.590. The minimum Gasteiger partial charge on any atom is -0.348 e. The summed E-state index contributed by atoms with van der Waals surface area (Å²) in [7, 11) is 0. The van der Waals surface area contributed by atoms with Crippen LogP contribution in [0.25, 0.3) is 0 Å². The molecule has 1 aromatic heterocycles. The number of hydrogen-bond donors (Lipinski definition) is 3. The maximum absolute atomic E-state index is 11.9. The Morgan fingerprint density at radius 1 is 1.16 bits per heavy atom. The number of imide groups is 1. The van der Waals surface area contributed by atoms with Crippen LogP contribution < -0.4 is 10.6 Å². The lowest BCUT2D eigenvalue weighted by Crippen LogP contribution is -2.40. The van der Waals surface area contributed by atoms with Gasteiger partial charge in [0.05, 0.1) is 5.69 Å². The summed E-state index contributed by atoms with van der Waals surface area (Å²) in [6.07, 6.45) is 1.48. The van der Waals surface area contributed by atoms with Gasteiger partial charge in [0.15, 0.2) is 5.78 Å². The summed E-state index contributed by atoms with van der Waals surface area (Å²) >= 11 is 0. The smallest absolute Gasteiger partial charge is 0.274 e. The molecule has 0 unspecified atom stereocenters. The first-order chi connectivity index (χ1) is 9.08. The van der Waals surface area contributed by atoms with Crippen LogP contribution in [0.5, 0.6) is 0 Å². The van der Waals surface area contributed by atoms with Crippen molar-refractivity contribution in [2.24, 2.45) is 5.92 Å². The fourth-order valence-electron chi connectivity index (χ4n) is 2.10. The zero-order valence-electron chi connectivity index (χ0n) is 10.8. The van der Waals surface area contributed by atoms with Crippen molar-refractivity contribution in [1.29, 1.82) is 0 Å². The number of nitrogens with one attached hydrogen (secondary N) is 3. The topological polar surface area (TPSA) is 91.1 Å². The van der Waals surface area contributed by atoms with E-state index in [1.54, 1.807) is 0 Å². The number of ketones is 1. The lowest BCUT2D eigenvalue weighted by atomic mass is 9.97. The summed E-state index contributed by atoms with van der Waals surface area (Å²) in [6, 6.07) is 3.04. The van der Waals surface area contributed by atoms with Gasteiger partial charge >= 0.3 is 0 Å². The summed E-state index contributed by atoms with van der Waals surface area (Å²) in [6.45, 7) is 3.00. The van der Waals surface area contributed by atoms with E-state index in [0.29, 0.717) is 5.69 Å². The first kappa shape index (κ1) is 13.5. The van der Waals surface area contributed by atoms with Crippen molar-refractivity contribution in [1.82, 2.24) is 15.6 Å². The SMILES string of the molecule is CC(=O)c1ccc(C(=O)NC(=O)C2CCNCC2)[nH]1. The molecule has 2 amide bonds. The number of aromatic nitrogens is 1. The molecule has 1 aromatic rings. The molecule has 1 saturated heterocycles. The Balaban J connectivity index is 1.95. The standard InChI is InChI=1S/C13H17N3O3/c1-8(17)10-2-3-11(15-10)13(19)16-12(18)9-4-6-14-7-5-9/h2-3,9,14-15H,4-7H2,1H3,(H,16,18,19). The highest BCUT2D eigenvalue weighted by atomic mass is 16.2. The van der Waals surface area contributed by atoms with Gasteiger partial charge in [-0.25, -0.2) is 0 Å². The second kappa shape index (κ2) is 5.79. The molecule has 0 saturated carbocycles. The van der Waals surface area contributed by atoms with Crippen LogP contribution in [0.3, 0.4) is 0 Å². The van der Waals surface area contributed by atoms with Crippen LogP contribution in [0.2, 0.25) is 0 Å². The van der Waals surface area contributed by atoms with Crippen molar-refractivity contribution >= 4 is 17.6 Å². The largest absolute Gasteiger partial charge is 0.348 e. The second-order valence-corrected chi connectivity index (χ2v) is 4.68. The molecule has 0 aromatic carbocycles. The van der Waals surface area contributed by atoms with Crippen LogP contribution in [0, 0.1) is 5.92 Å². The Morgan fingerprint density at radius 2 is 1.79 bits per heavy atom. The van der Waals surface area contributed by atoms with Gasteiger partial charge in [0.1, 0.15) is 5.69 Å². The van der Waals surface area contributed by atoms with E-state index in [1.165, 1.54) is 19.1 Å². The van der Waals surface area contributed by atoms with Crippen molar-refractivity contribution in [3.8, 4) is 0 Å². The van der Waals surface area contributed by atoms with Gasteiger partial charge in [-0.3, -0.25) is 19.7 Å². The molecule has 0 aliphatic carbocycles. The Hall–Kier alpha value is -1.95. The summed E-state index contributed by atoms with van der Waals surface area (Å²) in [4.78, 5) is 37.5. The number of aromatic amines is 1. The number of rotatable bonds is 3. The molecule has 19 heavy (non-hydrogen) atoms. The molecule has 0 radical (unpaired) electrons. The maximum Gasteiger partial charge on any atom is 0.274 e. The number of amides is 2. The summed E-state index contributed by atoms with van der Waals surface area (Å²) in [5.74, 6) is -1.00. The first-order valence-electron chi connectivity index (χ1n) is 6.34. The van der Waals surface area contributed by atoms with Crippen molar-refractivity contribution in [3.05, 3.63) is 23.5 Å². The van der Waals surface area contributed by atoms with Crippen LogP contribution in [0.15, 0.2) is 12.1 Å². The predicted molar refractivity (Wildman–Crippen MR) is 68.9 cm³/mol. The van der Waals surface area contributed by atoms with E-state index in [1.807, 2.05) is 0 Å². The van der Waals surface area contributed by atoms with Crippen molar-refractivity contribution in [3.63, 3.8) is 0 Å². The molecule has 0 bridgehead atoms. The second-order valence-electron chi connectivity index (χ2n) is 4.68. The Kier molecular flexibility index (Phi) is 4.11. The van der Waals surface area contributed by atoms with E-state index >= 15 is 0 Å². The van der Waals surface area contributed by atoms with E-state index in [9.17, 15) is 14.4 Å². The average molecular weight is 263 g/mol. The number of piperidine rings is 1. The van der Waals surface area contributed by atoms with Gasteiger partial charge in [-0.2, -0.15) is 0 Å². The highest BCUT2D eigenvalue weighted by molar-refractivity contribution is 6.05. The van der Waals surface area contributed by atoms with Crippen molar-refractivity contribution in [2.45, 2.75) is 19.8 Å². The highest BCUT2D eigenvalue weighted by Crippen LogP contribution is 2.12. The average Bonchev–Trinajstić information content (AvgIpc) is 2.89. The fourth-order valence-corrected chi connectivity index (χ4v) is 2.10. The number of Topliss-reactive ketones (excluding diaryl/α,β-unsaturated/α-hetero) is 1. The van der Waals surface area contributed by atoms with Gasteiger partial charge in [-0.05, 0) is 38.1 Å². The van der Waals surface area contributed by atoms with Crippen LogP contribution in [0.4, 0.5) is 0 Å². The number of H-pyrrole nitrogens is 1. The predicted octanol–water partition coefficient (Wildman–Crippen LogP) is 0.473.